The van der Waals surface area contributed by atoms with Crippen molar-refractivity contribution in [2.75, 3.05) is 0 Å². The smallest absolute Gasteiger partial charge is 0.0875 e. The van der Waals surface area contributed by atoms with Crippen molar-refractivity contribution in [2.45, 2.75) is 6.82 Å². The summed E-state index contributed by atoms with van der Waals surface area (Å²) in [6.07, 6.45) is 0. The molecule has 3 aromatic rings. The van der Waals surface area contributed by atoms with Crippen molar-refractivity contribution in [1.82, 2.24) is 0 Å². The van der Waals surface area contributed by atoms with Crippen molar-refractivity contribution >= 4 is 34.3 Å². The lowest BCUT2D eigenvalue weighted by molar-refractivity contribution is 1.78. The van der Waals surface area contributed by atoms with Gasteiger partial charge in [0, 0.05) is 0 Å². The highest BCUT2D eigenvalue weighted by atomic mass is 14.0. The Morgan fingerprint density at radius 3 is 2.25 bits per heavy atom. The molecule has 0 nitrogen and oxygen atoms in total. The van der Waals surface area contributed by atoms with Gasteiger partial charge in [0.15, 0.2) is 0 Å². The maximum Gasteiger partial charge on any atom is 0.148 e. The summed E-state index contributed by atoms with van der Waals surface area (Å²) in [7, 11) is 2.14. The third-order valence-corrected chi connectivity index (χ3v) is 3.10. The average Bonchev–Trinajstić information content (AvgIpc) is 2.38. The molecule has 0 N–H and O–H groups in total. The molecule has 1 radical (unpaired) electrons. The van der Waals surface area contributed by atoms with Crippen LogP contribution in [-0.4, -0.2) is 7.28 Å². The largest absolute Gasteiger partial charge is 0.148 e. The van der Waals surface area contributed by atoms with Gasteiger partial charge in [-0.15, -0.1) is 0 Å². The van der Waals surface area contributed by atoms with Crippen LogP contribution in [0, 0.1) is 0 Å². The molecule has 0 saturated carbocycles. The molecule has 3 aromatic carbocycles. The van der Waals surface area contributed by atoms with E-state index in [2.05, 4.69) is 68.7 Å². The van der Waals surface area contributed by atoms with E-state index in [-0.39, 0.29) is 0 Å². The topological polar surface area (TPSA) is 0 Å². The molecule has 0 bridgehead atoms. The second kappa shape index (κ2) is 3.68. The summed E-state index contributed by atoms with van der Waals surface area (Å²) in [5.74, 6) is 0. The van der Waals surface area contributed by atoms with Gasteiger partial charge in [-0.25, -0.2) is 0 Å². The fraction of sp³-hybridized carbons (Fsp3) is 0.0667. The van der Waals surface area contributed by atoms with Gasteiger partial charge in [0.2, 0.25) is 0 Å². The molecular weight excluding hydrogens is 191 g/mol. The van der Waals surface area contributed by atoms with Gasteiger partial charge < -0.3 is 0 Å². The predicted octanol–water partition coefficient (Wildman–Crippen LogP) is 3.37. The molecule has 75 valence electrons. The zero-order valence-electron chi connectivity index (χ0n) is 9.27. The van der Waals surface area contributed by atoms with Crippen LogP contribution in [0.5, 0.6) is 0 Å². The molecule has 0 fully saturated rings. The van der Waals surface area contributed by atoms with Crippen LogP contribution >= 0.6 is 0 Å². The van der Waals surface area contributed by atoms with Gasteiger partial charge in [-0.3, -0.25) is 0 Å². The van der Waals surface area contributed by atoms with Crippen LogP contribution in [0.15, 0.2) is 54.6 Å². The summed E-state index contributed by atoms with van der Waals surface area (Å²) in [6.45, 7) is 2.08. The minimum Gasteiger partial charge on any atom is -0.0875 e. The summed E-state index contributed by atoms with van der Waals surface area (Å²) >= 11 is 0. The maximum absolute atomic E-state index is 2.26. The monoisotopic (exact) mass is 203 g/mol. The first-order chi connectivity index (χ1) is 7.88. The molecule has 1 heteroatoms. The Morgan fingerprint density at radius 1 is 0.750 bits per heavy atom. The SMILES string of the molecule is C[B]c1ccc2ccc3ccccc3c2c1. The van der Waals surface area contributed by atoms with Gasteiger partial charge in [-0.2, -0.15) is 0 Å². The third-order valence-electron chi connectivity index (χ3n) is 3.10. The Kier molecular flexibility index (Phi) is 2.18. The molecular formula is C15H12B. The Bertz CT molecular complexity index is 656. The van der Waals surface area contributed by atoms with Crippen molar-refractivity contribution in [3.05, 3.63) is 54.6 Å². The highest BCUT2D eigenvalue weighted by Crippen LogP contribution is 2.24. The van der Waals surface area contributed by atoms with Crippen LogP contribution in [-0.2, 0) is 0 Å². The summed E-state index contributed by atoms with van der Waals surface area (Å²) in [6, 6.07) is 19.5. The molecule has 3 rings (SSSR count). The Balaban J connectivity index is 2.47. The molecule has 0 atom stereocenters. The van der Waals surface area contributed by atoms with Crippen LogP contribution in [0.4, 0.5) is 0 Å². The quantitative estimate of drug-likeness (QED) is 0.420. The van der Waals surface area contributed by atoms with E-state index in [1.807, 2.05) is 0 Å². The van der Waals surface area contributed by atoms with Gasteiger partial charge in [0.05, 0.1) is 0 Å². The Morgan fingerprint density at radius 2 is 1.44 bits per heavy atom. The van der Waals surface area contributed by atoms with Gasteiger partial charge in [-0.1, -0.05) is 66.9 Å². The molecule has 0 heterocycles. The lowest BCUT2D eigenvalue weighted by Crippen LogP contribution is -2.08. The van der Waals surface area contributed by atoms with Gasteiger partial charge >= 0.3 is 0 Å². The normalized spacial score (nSPS) is 10.8. The van der Waals surface area contributed by atoms with Crippen molar-refractivity contribution in [3.63, 3.8) is 0 Å². The van der Waals surface area contributed by atoms with E-state index in [1.165, 1.54) is 27.0 Å². The van der Waals surface area contributed by atoms with Crippen LogP contribution in [0.3, 0.4) is 0 Å². The number of rotatable bonds is 1. The number of hydrogen-bond acceptors (Lipinski definition) is 0. The molecule has 0 unspecified atom stereocenters. The van der Waals surface area contributed by atoms with E-state index in [4.69, 9.17) is 0 Å². The molecule has 0 aliphatic heterocycles. The van der Waals surface area contributed by atoms with Crippen molar-refractivity contribution < 1.29 is 0 Å². The lowest BCUT2D eigenvalue weighted by atomic mass is 9.73. The molecule has 0 saturated heterocycles. The van der Waals surface area contributed by atoms with E-state index >= 15 is 0 Å². The maximum atomic E-state index is 2.26. The fourth-order valence-electron chi connectivity index (χ4n) is 2.20. The van der Waals surface area contributed by atoms with Gasteiger partial charge in [-0.05, 0) is 21.5 Å². The van der Waals surface area contributed by atoms with Crippen molar-refractivity contribution in [3.8, 4) is 0 Å². The summed E-state index contributed by atoms with van der Waals surface area (Å²) in [5, 5.41) is 5.30. The fourth-order valence-corrected chi connectivity index (χ4v) is 2.20. The first kappa shape index (κ1) is 9.47. The highest BCUT2D eigenvalue weighted by molar-refractivity contribution is 6.52. The van der Waals surface area contributed by atoms with E-state index in [1.54, 1.807) is 0 Å². The number of fused-ring (bicyclic) bond motifs is 3. The number of hydrogen-bond donors (Lipinski definition) is 0. The third kappa shape index (κ3) is 1.40. The molecule has 0 spiro atoms. The van der Waals surface area contributed by atoms with Crippen molar-refractivity contribution in [1.29, 1.82) is 0 Å². The van der Waals surface area contributed by atoms with Gasteiger partial charge in [0.25, 0.3) is 0 Å². The minimum absolute atomic E-state index is 1.28. The van der Waals surface area contributed by atoms with Crippen LogP contribution < -0.4 is 5.46 Å². The second-order valence-electron chi connectivity index (χ2n) is 4.06. The van der Waals surface area contributed by atoms with E-state index in [9.17, 15) is 0 Å². The summed E-state index contributed by atoms with van der Waals surface area (Å²) in [4.78, 5) is 0. The van der Waals surface area contributed by atoms with E-state index < -0.39 is 0 Å². The van der Waals surface area contributed by atoms with Crippen LogP contribution in [0.25, 0.3) is 21.5 Å². The van der Waals surface area contributed by atoms with Crippen LogP contribution in [0.2, 0.25) is 6.82 Å². The zero-order valence-corrected chi connectivity index (χ0v) is 9.27. The molecule has 0 amide bonds. The Labute approximate surface area is 96.1 Å². The molecule has 0 aliphatic rings. The van der Waals surface area contributed by atoms with E-state index in [0.29, 0.717) is 0 Å². The van der Waals surface area contributed by atoms with Crippen LogP contribution in [0.1, 0.15) is 0 Å². The molecule has 0 aromatic heterocycles. The summed E-state index contributed by atoms with van der Waals surface area (Å²) in [5.41, 5.74) is 1.28. The number of benzene rings is 3. The van der Waals surface area contributed by atoms with Gasteiger partial charge in [0.1, 0.15) is 7.28 Å². The highest BCUT2D eigenvalue weighted by Gasteiger charge is 2.00. The zero-order chi connectivity index (χ0) is 11.0. The molecule has 0 aliphatic carbocycles. The lowest BCUT2D eigenvalue weighted by Gasteiger charge is -2.05. The molecule has 16 heavy (non-hydrogen) atoms. The summed E-state index contributed by atoms with van der Waals surface area (Å²) < 4.78 is 0. The average molecular weight is 203 g/mol. The predicted molar refractivity (Wildman–Crippen MR) is 72.7 cm³/mol. The van der Waals surface area contributed by atoms with Crippen molar-refractivity contribution in [2.24, 2.45) is 0 Å². The standard InChI is InChI=1S/C15H12B/c1-16-13-9-8-12-7-6-11-4-2-3-5-14(11)15(12)10-13/h2-10H,1H3. The second-order valence-corrected chi connectivity index (χ2v) is 4.06. The van der Waals surface area contributed by atoms with E-state index in [0.717, 1.165) is 0 Å². The first-order valence-electron chi connectivity index (χ1n) is 5.59. The minimum atomic E-state index is 1.28. The Hall–Kier alpha value is -1.76. The first-order valence-corrected chi connectivity index (χ1v) is 5.59.